The van der Waals surface area contributed by atoms with Crippen molar-refractivity contribution in [3.63, 3.8) is 0 Å². The third-order valence-electron chi connectivity index (χ3n) is 4.97. The average Bonchev–Trinajstić information content (AvgIpc) is 3.18. The Hall–Kier alpha value is -3.08. The SMILES string of the molecule is O=C(Nc1ccc(N2CCCCC2)cn1)c1cccn1Cc1ccccc1. The molecule has 5 heteroatoms. The largest absolute Gasteiger partial charge is 0.370 e. The number of hydrogen-bond donors (Lipinski definition) is 1. The zero-order valence-corrected chi connectivity index (χ0v) is 15.3. The van der Waals surface area contributed by atoms with Gasteiger partial charge in [0, 0.05) is 25.8 Å². The summed E-state index contributed by atoms with van der Waals surface area (Å²) in [4.78, 5) is 19.5. The molecule has 27 heavy (non-hydrogen) atoms. The first kappa shape index (κ1) is 17.3. The molecule has 1 aromatic carbocycles. The van der Waals surface area contributed by atoms with Gasteiger partial charge in [0.15, 0.2) is 0 Å². The molecule has 4 rings (SSSR count). The third-order valence-corrected chi connectivity index (χ3v) is 4.97. The fourth-order valence-corrected chi connectivity index (χ4v) is 3.52. The van der Waals surface area contributed by atoms with Gasteiger partial charge < -0.3 is 14.8 Å². The van der Waals surface area contributed by atoms with E-state index in [1.807, 2.05) is 59.4 Å². The lowest BCUT2D eigenvalue weighted by Gasteiger charge is -2.28. The number of aromatic nitrogens is 2. The van der Waals surface area contributed by atoms with Gasteiger partial charge in [0.05, 0.1) is 11.9 Å². The minimum absolute atomic E-state index is 0.144. The summed E-state index contributed by atoms with van der Waals surface area (Å²) in [5, 5.41) is 2.91. The van der Waals surface area contributed by atoms with Crippen LogP contribution in [0.3, 0.4) is 0 Å². The molecule has 3 aromatic rings. The van der Waals surface area contributed by atoms with Gasteiger partial charge in [-0.2, -0.15) is 0 Å². The maximum Gasteiger partial charge on any atom is 0.273 e. The van der Waals surface area contributed by atoms with Crippen molar-refractivity contribution in [1.82, 2.24) is 9.55 Å². The Bertz CT molecular complexity index is 880. The van der Waals surface area contributed by atoms with Crippen molar-refractivity contribution in [2.45, 2.75) is 25.8 Å². The molecule has 0 spiro atoms. The Morgan fingerprint density at radius 2 is 1.78 bits per heavy atom. The molecule has 1 aliphatic heterocycles. The molecule has 1 amide bonds. The second kappa shape index (κ2) is 8.08. The molecule has 0 radical (unpaired) electrons. The van der Waals surface area contributed by atoms with E-state index in [0.717, 1.165) is 24.3 Å². The van der Waals surface area contributed by atoms with E-state index >= 15 is 0 Å². The lowest BCUT2D eigenvalue weighted by atomic mass is 10.1. The standard InChI is InChI=1S/C22H24N4O/c27-22(20-10-7-15-26(20)17-18-8-3-1-4-9-18)24-21-12-11-19(16-23-21)25-13-5-2-6-14-25/h1,3-4,7-12,15-16H,2,5-6,13-14,17H2,(H,23,24,27). The molecule has 138 valence electrons. The van der Waals surface area contributed by atoms with Crippen molar-refractivity contribution >= 4 is 17.4 Å². The maximum absolute atomic E-state index is 12.7. The van der Waals surface area contributed by atoms with Crippen molar-refractivity contribution in [3.05, 3.63) is 78.2 Å². The van der Waals surface area contributed by atoms with Crippen LogP contribution < -0.4 is 10.2 Å². The number of nitrogens with zero attached hydrogens (tertiary/aromatic N) is 3. The van der Waals surface area contributed by atoms with Crippen LogP contribution in [0.4, 0.5) is 11.5 Å². The Balaban J connectivity index is 1.43. The summed E-state index contributed by atoms with van der Waals surface area (Å²) in [5.41, 5.74) is 2.91. The van der Waals surface area contributed by atoms with Gasteiger partial charge in [-0.05, 0) is 49.1 Å². The summed E-state index contributed by atoms with van der Waals surface area (Å²) >= 11 is 0. The van der Waals surface area contributed by atoms with Gasteiger partial charge in [-0.3, -0.25) is 4.79 Å². The highest BCUT2D eigenvalue weighted by atomic mass is 16.2. The summed E-state index contributed by atoms with van der Waals surface area (Å²) in [7, 11) is 0. The van der Waals surface area contributed by atoms with Crippen LogP contribution in [0.15, 0.2) is 67.0 Å². The lowest BCUT2D eigenvalue weighted by molar-refractivity contribution is 0.101. The second-order valence-electron chi connectivity index (χ2n) is 6.91. The number of carbonyl (C=O) groups is 1. The van der Waals surface area contributed by atoms with Gasteiger partial charge in [0.2, 0.25) is 0 Å². The van der Waals surface area contributed by atoms with Gasteiger partial charge in [-0.1, -0.05) is 30.3 Å². The van der Waals surface area contributed by atoms with Crippen molar-refractivity contribution < 1.29 is 4.79 Å². The molecule has 3 heterocycles. The number of benzene rings is 1. The van der Waals surface area contributed by atoms with Crippen LogP contribution in [0, 0.1) is 0 Å². The Morgan fingerprint density at radius 3 is 2.52 bits per heavy atom. The molecular weight excluding hydrogens is 336 g/mol. The number of amides is 1. The number of rotatable bonds is 5. The van der Waals surface area contributed by atoms with E-state index in [0.29, 0.717) is 18.1 Å². The summed E-state index contributed by atoms with van der Waals surface area (Å²) in [6.45, 7) is 2.83. The molecule has 0 atom stereocenters. The predicted octanol–water partition coefficient (Wildman–Crippen LogP) is 4.17. The number of carbonyl (C=O) groups excluding carboxylic acids is 1. The van der Waals surface area contributed by atoms with E-state index < -0.39 is 0 Å². The average molecular weight is 360 g/mol. The second-order valence-corrected chi connectivity index (χ2v) is 6.91. The number of nitrogens with one attached hydrogen (secondary N) is 1. The summed E-state index contributed by atoms with van der Waals surface area (Å²) < 4.78 is 1.95. The van der Waals surface area contributed by atoms with Crippen molar-refractivity contribution in [1.29, 1.82) is 0 Å². The third kappa shape index (κ3) is 4.19. The molecule has 1 saturated heterocycles. The summed E-state index contributed by atoms with van der Waals surface area (Å²) in [6, 6.07) is 17.8. The Morgan fingerprint density at radius 1 is 0.963 bits per heavy atom. The molecule has 0 saturated carbocycles. The molecule has 5 nitrogen and oxygen atoms in total. The van der Waals surface area contributed by atoms with Crippen molar-refractivity contribution in [2.24, 2.45) is 0 Å². The van der Waals surface area contributed by atoms with Crippen molar-refractivity contribution in [2.75, 3.05) is 23.3 Å². The monoisotopic (exact) mass is 360 g/mol. The lowest BCUT2D eigenvalue weighted by Crippen LogP contribution is -2.29. The Labute approximate surface area is 159 Å². The van der Waals surface area contributed by atoms with Crippen LogP contribution in [0.5, 0.6) is 0 Å². The van der Waals surface area contributed by atoms with E-state index in [2.05, 4.69) is 27.3 Å². The molecule has 0 aliphatic carbocycles. The van der Waals surface area contributed by atoms with E-state index in [4.69, 9.17) is 0 Å². The van der Waals surface area contributed by atoms with Crippen LogP contribution in [0.1, 0.15) is 35.3 Å². The van der Waals surface area contributed by atoms with E-state index in [1.165, 1.54) is 19.3 Å². The van der Waals surface area contributed by atoms with E-state index in [9.17, 15) is 4.79 Å². The predicted molar refractivity (Wildman–Crippen MR) is 108 cm³/mol. The van der Waals surface area contributed by atoms with Gasteiger partial charge in [-0.15, -0.1) is 0 Å². The normalized spacial score (nSPS) is 14.1. The minimum atomic E-state index is -0.144. The first-order valence-electron chi connectivity index (χ1n) is 9.51. The van der Waals surface area contributed by atoms with Crippen LogP contribution in [-0.4, -0.2) is 28.5 Å². The topological polar surface area (TPSA) is 50.2 Å². The molecule has 0 unspecified atom stereocenters. The van der Waals surface area contributed by atoms with Gasteiger partial charge in [0.25, 0.3) is 5.91 Å². The summed E-state index contributed by atoms with van der Waals surface area (Å²) in [5.74, 6) is 0.433. The quantitative estimate of drug-likeness (QED) is 0.743. The smallest absolute Gasteiger partial charge is 0.273 e. The molecule has 1 fully saturated rings. The van der Waals surface area contributed by atoms with Crippen LogP contribution in [-0.2, 0) is 6.54 Å². The molecule has 2 aromatic heterocycles. The fourth-order valence-electron chi connectivity index (χ4n) is 3.52. The van der Waals surface area contributed by atoms with Crippen molar-refractivity contribution in [3.8, 4) is 0 Å². The van der Waals surface area contributed by atoms with Crippen LogP contribution in [0.2, 0.25) is 0 Å². The van der Waals surface area contributed by atoms with E-state index in [-0.39, 0.29) is 5.91 Å². The van der Waals surface area contributed by atoms with Crippen LogP contribution in [0.25, 0.3) is 0 Å². The first-order valence-corrected chi connectivity index (χ1v) is 9.51. The number of piperidine rings is 1. The molecule has 0 bridgehead atoms. The highest BCUT2D eigenvalue weighted by molar-refractivity contribution is 6.02. The molecule has 1 aliphatic rings. The number of anilines is 2. The number of pyridine rings is 1. The number of hydrogen-bond acceptors (Lipinski definition) is 3. The Kier molecular flexibility index (Phi) is 5.19. The zero-order chi connectivity index (χ0) is 18.5. The molecular formula is C22H24N4O. The maximum atomic E-state index is 12.7. The van der Waals surface area contributed by atoms with Gasteiger partial charge in [-0.25, -0.2) is 4.98 Å². The van der Waals surface area contributed by atoms with Gasteiger partial charge >= 0.3 is 0 Å². The zero-order valence-electron chi connectivity index (χ0n) is 15.3. The van der Waals surface area contributed by atoms with Crippen LogP contribution >= 0.6 is 0 Å². The molecule has 1 N–H and O–H groups in total. The minimum Gasteiger partial charge on any atom is -0.370 e. The van der Waals surface area contributed by atoms with E-state index in [1.54, 1.807) is 0 Å². The summed E-state index contributed by atoms with van der Waals surface area (Å²) in [6.07, 6.45) is 7.55. The van der Waals surface area contributed by atoms with Gasteiger partial charge in [0.1, 0.15) is 11.5 Å². The highest BCUT2D eigenvalue weighted by Crippen LogP contribution is 2.20. The fraction of sp³-hybridized carbons (Fsp3) is 0.273. The first-order chi connectivity index (χ1) is 13.3. The highest BCUT2D eigenvalue weighted by Gasteiger charge is 2.14.